The minimum atomic E-state index is -0.761. The standard InChI is InChI=1S/C18H19NO5/c1-5-8-19-15(20)13-9-11-6-7-12(10-14(11)24-16(13)21)23-17(22)18(2,3)4/h5-7,9-10H,1,8H2,2-4H3,(H,19,20). The van der Waals surface area contributed by atoms with Gasteiger partial charge in [0.1, 0.15) is 16.9 Å². The highest BCUT2D eigenvalue weighted by atomic mass is 16.5. The molecule has 0 bridgehead atoms. The average molecular weight is 329 g/mol. The first-order valence-electron chi connectivity index (χ1n) is 7.41. The van der Waals surface area contributed by atoms with Gasteiger partial charge in [0.2, 0.25) is 0 Å². The van der Waals surface area contributed by atoms with Crippen LogP contribution < -0.4 is 15.7 Å². The van der Waals surface area contributed by atoms with Gasteiger partial charge in [-0.05, 0) is 39.0 Å². The number of benzene rings is 1. The predicted molar refractivity (Wildman–Crippen MR) is 90.1 cm³/mol. The van der Waals surface area contributed by atoms with Gasteiger partial charge in [-0.3, -0.25) is 9.59 Å². The van der Waals surface area contributed by atoms with Crippen LogP contribution >= 0.6 is 0 Å². The molecule has 2 rings (SSSR count). The summed E-state index contributed by atoms with van der Waals surface area (Å²) in [6.45, 7) is 8.96. The Morgan fingerprint density at radius 1 is 1.29 bits per heavy atom. The highest BCUT2D eigenvalue weighted by Crippen LogP contribution is 2.23. The average Bonchev–Trinajstić information content (AvgIpc) is 2.50. The van der Waals surface area contributed by atoms with E-state index in [4.69, 9.17) is 9.15 Å². The fraction of sp³-hybridized carbons (Fsp3) is 0.278. The van der Waals surface area contributed by atoms with Gasteiger partial charge in [0.05, 0.1) is 5.41 Å². The van der Waals surface area contributed by atoms with Crippen LogP contribution in [0.5, 0.6) is 5.75 Å². The van der Waals surface area contributed by atoms with Crippen molar-refractivity contribution >= 4 is 22.8 Å². The minimum Gasteiger partial charge on any atom is -0.426 e. The second-order valence-electron chi connectivity index (χ2n) is 6.29. The van der Waals surface area contributed by atoms with Gasteiger partial charge in [0, 0.05) is 18.0 Å². The Morgan fingerprint density at radius 2 is 2.00 bits per heavy atom. The Hall–Kier alpha value is -2.89. The van der Waals surface area contributed by atoms with Crippen LogP contribution in [0.15, 0.2) is 46.1 Å². The summed E-state index contributed by atoms with van der Waals surface area (Å²) in [5.41, 5.74) is -1.27. The maximum atomic E-state index is 12.0. The molecule has 0 aliphatic rings. The lowest BCUT2D eigenvalue weighted by atomic mass is 9.97. The number of carbonyl (C=O) groups excluding carboxylic acids is 2. The molecule has 0 aliphatic carbocycles. The summed E-state index contributed by atoms with van der Waals surface area (Å²) in [5, 5.41) is 3.07. The summed E-state index contributed by atoms with van der Waals surface area (Å²) < 4.78 is 10.4. The molecular formula is C18H19NO5. The highest BCUT2D eigenvalue weighted by molar-refractivity contribution is 5.96. The number of carbonyl (C=O) groups is 2. The van der Waals surface area contributed by atoms with Crippen molar-refractivity contribution in [2.75, 3.05) is 6.54 Å². The molecule has 0 atom stereocenters. The van der Waals surface area contributed by atoms with Crippen LogP contribution in [-0.4, -0.2) is 18.4 Å². The Labute approximate surface area is 139 Å². The second kappa shape index (κ2) is 6.70. The van der Waals surface area contributed by atoms with Crippen LogP contribution in [0.25, 0.3) is 11.0 Å². The monoisotopic (exact) mass is 329 g/mol. The molecule has 24 heavy (non-hydrogen) atoms. The Kier molecular flexibility index (Phi) is 4.87. The van der Waals surface area contributed by atoms with E-state index < -0.39 is 22.9 Å². The number of esters is 1. The molecule has 0 aliphatic heterocycles. The molecule has 2 aromatic rings. The van der Waals surface area contributed by atoms with Crippen molar-refractivity contribution in [3.63, 3.8) is 0 Å². The number of hydrogen-bond donors (Lipinski definition) is 1. The molecule has 0 saturated heterocycles. The zero-order valence-corrected chi connectivity index (χ0v) is 13.8. The van der Waals surface area contributed by atoms with E-state index in [0.29, 0.717) is 5.39 Å². The molecule has 0 unspecified atom stereocenters. The summed E-state index contributed by atoms with van der Waals surface area (Å²) in [4.78, 5) is 35.8. The summed E-state index contributed by atoms with van der Waals surface area (Å²) in [5.74, 6) is -0.659. The van der Waals surface area contributed by atoms with Crippen molar-refractivity contribution in [3.05, 3.63) is 52.9 Å². The largest absolute Gasteiger partial charge is 0.426 e. The van der Waals surface area contributed by atoms with Gasteiger partial charge in [0.15, 0.2) is 0 Å². The lowest BCUT2D eigenvalue weighted by Gasteiger charge is -2.16. The van der Waals surface area contributed by atoms with Crippen LogP contribution in [0, 0.1) is 5.41 Å². The van der Waals surface area contributed by atoms with Crippen molar-refractivity contribution in [3.8, 4) is 5.75 Å². The van der Waals surface area contributed by atoms with Gasteiger partial charge in [-0.15, -0.1) is 6.58 Å². The third-order valence-electron chi connectivity index (χ3n) is 3.18. The third kappa shape index (κ3) is 3.90. The molecule has 6 heteroatoms. The molecular weight excluding hydrogens is 310 g/mol. The summed E-state index contributed by atoms with van der Waals surface area (Å²) in [6.07, 6.45) is 1.51. The Balaban J connectivity index is 2.35. The molecule has 126 valence electrons. The lowest BCUT2D eigenvalue weighted by Crippen LogP contribution is -2.28. The second-order valence-corrected chi connectivity index (χ2v) is 6.29. The van der Waals surface area contributed by atoms with Crippen LogP contribution in [0.4, 0.5) is 0 Å². The van der Waals surface area contributed by atoms with E-state index in [0.717, 1.165) is 0 Å². The van der Waals surface area contributed by atoms with Crippen LogP contribution in [0.3, 0.4) is 0 Å². The molecule has 0 radical (unpaired) electrons. The van der Waals surface area contributed by atoms with E-state index >= 15 is 0 Å². The quantitative estimate of drug-likeness (QED) is 0.403. The number of hydrogen-bond acceptors (Lipinski definition) is 5. The maximum Gasteiger partial charge on any atom is 0.349 e. The molecule has 0 fully saturated rings. The van der Waals surface area contributed by atoms with Gasteiger partial charge in [0.25, 0.3) is 5.91 Å². The molecule has 1 aromatic heterocycles. The smallest absolute Gasteiger partial charge is 0.349 e. The van der Waals surface area contributed by atoms with E-state index in [2.05, 4.69) is 11.9 Å². The van der Waals surface area contributed by atoms with Crippen LogP contribution in [0.1, 0.15) is 31.1 Å². The summed E-state index contributed by atoms with van der Waals surface area (Å²) in [6, 6.07) is 6.09. The molecule has 6 nitrogen and oxygen atoms in total. The molecule has 0 saturated carbocycles. The molecule has 0 spiro atoms. The number of ether oxygens (including phenoxy) is 1. The van der Waals surface area contributed by atoms with Crippen molar-refractivity contribution in [2.45, 2.75) is 20.8 Å². The Morgan fingerprint density at radius 3 is 2.62 bits per heavy atom. The van der Waals surface area contributed by atoms with Gasteiger partial charge >= 0.3 is 11.6 Å². The molecule has 1 aromatic carbocycles. The fourth-order valence-corrected chi connectivity index (χ4v) is 1.83. The molecule has 1 N–H and O–H groups in total. The first kappa shape index (κ1) is 17.5. The van der Waals surface area contributed by atoms with E-state index in [1.807, 2.05) is 0 Å². The zero-order chi connectivity index (χ0) is 17.9. The SMILES string of the molecule is C=CCNC(=O)c1cc2ccc(OC(=O)C(C)(C)C)cc2oc1=O. The van der Waals surface area contributed by atoms with E-state index in [1.165, 1.54) is 18.2 Å². The predicted octanol–water partition coefficient (Wildman–Crippen LogP) is 2.66. The molecule has 1 heterocycles. The number of rotatable bonds is 4. The zero-order valence-electron chi connectivity index (χ0n) is 13.8. The normalized spacial score (nSPS) is 11.1. The number of nitrogens with one attached hydrogen (secondary N) is 1. The maximum absolute atomic E-state index is 12.0. The topological polar surface area (TPSA) is 85.6 Å². The van der Waals surface area contributed by atoms with E-state index in [9.17, 15) is 14.4 Å². The van der Waals surface area contributed by atoms with E-state index in [-0.39, 0.29) is 23.4 Å². The first-order valence-corrected chi connectivity index (χ1v) is 7.41. The van der Waals surface area contributed by atoms with Gasteiger partial charge in [-0.2, -0.15) is 0 Å². The highest BCUT2D eigenvalue weighted by Gasteiger charge is 2.24. The van der Waals surface area contributed by atoms with Crippen LogP contribution in [0.2, 0.25) is 0 Å². The number of amides is 1. The van der Waals surface area contributed by atoms with Crippen molar-refractivity contribution in [1.82, 2.24) is 5.32 Å². The van der Waals surface area contributed by atoms with Gasteiger partial charge in [-0.1, -0.05) is 6.08 Å². The van der Waals surface area contributed by atoms with E-state index in [1.54, 1.807) is 32.9 Å². The third-order valence-corrected chi connectivity index (χ3v) is 3.18. The van der Waals surface area contributed by atoms with Crippen molar-refractivity contribution in [2.24, 2.45) is 5.41 Å². The van der Waals surface area contributed by atoms with Gasteiger partial charge < -0.3 is 14.5 Å². The fourth-order valence-electron chi connectivity index (χ4n) is 1.83. The lowest BCUT2D eigenvalue weighted by molar-refractivity contribution is -0.142. The Bertz CT molecular complexity index is 858. The first-order chi connectivity index (χ1) is 11.2. The van der Waals surface area contributed by atoms with Crippen molar-refractivity contribution < 1.29 is 18.7 Å². The summed E-state index contributed by atoms with van der Waals surface area (Å²) in [7, 11) is 0. The van der Waals surface area contributed by atoms with Crippen LogP contribution in [-0.2, 0) is 4.79 Å². The van der Waals surface area contributed by atoms with Crippen molar-refractivity contribution in [1.29, 1.82) is 0 Å². The minimum absolute atomic E-state index is 0.0937. The molecule has 1 amide bonds. The number of fused-ring (bicyclic) bond motifs is 1. The summed E-state index contributed by atoms with van der Waals surface area (Å²) >= 11 is 0. The van der Waals surface area contributed by atoms with Gasteiger partial charge in [-0.25, -0.2) is 4.79 Å².